The SMILES string of the molecule is O=C1N=C(c2ccc(F)cc2)SC(c2ccc(F)cc2)O1. The summed E-state index contributed by atoms with van der Waals surface area (Å²) in [6.07, 6.45) is -0.720. The summed E-state index contributed by atoms with van der Waals surface area (Å²) in [6.45, 7) is 0. The van der Waals surface area contributed by atoms with E-state index in [2.05, 4.69) is 4.99 Å². The molecule has 3 nitrogen and oxygen atoms in total. The van der Waals surface area contributed by atoms with Crippen LogP contribution in [0.1, 0.15) is 16.6 Å². The van der Waals surface area contributed by atoms with Crippen LogP contribution in [-0.4, -0.2) is 11.1 Å². The number of hydrogen-bond acceptors (Lipinski definition) is 3. The largest absolute Gasteiger partial charge is 0.436 e. The smallest absolute Gasteiger partial charge is 0.428 e. The van der Waals surface area contributed by atoms with Crippen LogP contribution in [0.15, 0.2) is 53.5 Å². The fraction of sp³-hybridized carbons (Fsp3) is 0.0667. The molecule has 1 aliphatic heterocycles. The predicted octanol–water partition coefficient (Wildman–Crippen LogP) is 4.29. The van der Waals surface area contributed by atoms with Gasteiger partial charge in [0.25, 0.3) is 0 Å². The van der Waals surface area contributed by atoms with Crippen molar-refractivity contribution in [2.75, 3.05) is 0 Å². The Hall–Kier alpha value is -2.21. The van der Waals surface area contributed by atoms with E-state index in [0.29, 0.717) is 16.2 Å². The van der Waals surface area contributed by atoms with Gasteiger partial charge in [0.05, 0.1) is 0 Å². The number of ether oxygens (including phenoxy) is 1. The number of hydrogen-bond donors (Lipinski definition) is 0. The monoisotopic (exact) mass is 305 g/mol. The third-order valence-corrected chi connectivity index (χ3v) is 3.99. The average Bonchev–Trinajstić information content (AvgIpc) is 2.48. The molecule has 0 spiro atoms. The maximum atomic E-state index is 12.9. The lowest BCUT2D eigenvalue weighted by atomic mass is 10.2. The van der Waals surface area contributed by atoms with Crippen molar-refractivity contribution >= 4 is 22.9 Å². The summed E-state index contributed by atoms with van der Waals surface area (Å²) in [5, 5.41) is 0.445. The molecule has 106 valence electrons. The number of benzene rings is 2. The molecule has 0 radical (unpaired) electrons. The van der Waals surface area contributed by atoms with Crippen LogP contribution in [0.3, 0.4) is 0 Å². The summed E-state index contributed by atoms with van der Waals surface area (Å²) >= 11 is 1.22. The second-order valence-corrected chi connectivity index (χ2v) is 5.36. The quantitative estimate of drug-likeness (QED) is 0.830. The molecule has 0 saturated heterocycles. The van der Waals surface area contributed by atoms with Crippen LogP contribution in [0.2, 0.25) is 0 Å². The normalized spacial score (nSPS) is 18.1. The van der Waals surface area contributed by atoms with E-state index in [1.807, 2.05) is 0 Å². The third kappa shape index (κ3) is 3.11. The fourth-order valence-electron chi connectivity index (χ4n) is 1.83. The molecule has 0 N–H and O–H groups in total. The first-order chi connectivity index (χ1) is 10.1. The van der Waals surface area contributed by atoms with Crippen LogP contribution in [0, 0.1) is 11.6 Å². The van der Waals surface area contributed by atoms with Crippen molar-refractivity contribution in [3.8, 4) is 0 Å². The molecule has 1 heterocycles. The van der Waals surface area contributed by atoms with Gasteiger partial charge in [-0.1, -0.05) is 23.9 Å². The van der Waals surface area contributed by atoms with Crippen LogP contribution >= 0.6 is 11.8 Å². The standard InChI is InChI=1S/C15H9F2NO2S/c16-11-5-1-9(2-6-11)13-18-15(19)20-14(21-13)10-3-7-12(17)8-4-10/h1-8,14H. The van der Waals surface area contributed by atoms with E-state index >= 15 is 0 Å². The van der Waals surface area contributed by atoms with E-state index in [1.54, 1.807) is 24.3 Å². The summed E-state index contributed by atoms with van der Waals surface area (Å²) in [5.41, 5.74) is 0.685. The van der Waals surface area contributed by atoms with Gasteiger partial charge in [-0.15, -0.1) is 0 Å². The molecule has 1 aliphatic rings. The van der Waals surface area contributed by atoms with Crippen molar-refractivity contribution in [1.29, 1.82) is 0 Å². The van der Waals surface area contributed by atoms with Crippen molar-refractivity contribution in [1.82, 2.24) is 0 Å². The molecule has 0 aromatic heterocycles. The maximum absolute atomic E-state index is 12.9. The van der Waals surface area contributed by atoms with E-state index in [4.69, 9.17) is 4.74 Å². The molecule has 1 amide bonds. The highest BCUT2D eigenvalue weighted by Gasteiger charge is 2.26. The summed E-state index contributed by atoms with van der Waals surface area (Å²) in [5.74, 6) is -0.726. The van der Waals surface area contributed by atoms with Gasteiger partial charge in [0.15, 0.2) is 5.44 Å². The van der Waals surface area contributed by atoms with Gasteiger partial charge in [0.1, 0.15) is 16.7 Å². The van der Waals surface area contributed by atoms with Crippen molar-refractivity contribution in [3.05, 3.63) is 71.3 Å². The van der Waals surface area contributed by atoms with E-state index < -0.39 is 11.5 Å². The number of carbonyl (C=O) groups is 1. The molecular weight excluding hydrogens is 296 g/mol. The average molecular weight is 305 g/mol. The number of amides is 1. The maximum Gasteiger partial charge on any atom is 0.436 e. The summed E-state index contributed by atoms with van der Waals surface area (Å²) in [7, 11) is 0. The zero-order chi connectivity index (χ0) is 14.8. The second kappa shape index (κ2) is 5.65. The molecular formula is C15H9F2NO2S. The van der Waals surface area contributed by atoms with Gasteiger partial charge in [-0.05, 0) is 36.4 Å². The Labute approximate surface area is 123 Å². The van der Waals surface area contributed by atoms with Gasteiger partial charge >= 0.3 is 6.09 Å². The second-order valence-electron chi connectivity index (χ2n) is 4.31. The molecule has 6 heteroatoms. The molecule has 2 aromatic carbocycles. The first-order valence-electron chi connectivity index (χ1n) is 6.09. The van der Waals surface area contributed by atoms with Crippen molar-refractivity contribution < 1.29 is 18.3 Å². The number of carbonyl (C=O) groups excluding carboxylic acids is 1. The lowest BCUT2D eigenvalue weighted by Crippen LogP contribution is -2.16. The Morgan fingerprint density at radius 1 is 0.952 bits per heavy atom. The molecule has 21 heavy (non-hydrogen) atoms. The molecule has 0 aliphatic carbocycles. The highest BCUT2D eigenvalue weighted by molar-refractivity contribution is 8.14. The van der Waals surface area contributed by atoms with E-state index in [9.17, 15) is 13.6 Å². The van der Waals surface area contributed by atoms with Crippen LogP contribution < -0.4 is 0 Å². The minimum atomic E-state index is -0.720. The first kappa shape index (κ1) is 13.8. The van der Waals surface area contributed by atoms with Gasteiger partial charge in [-0.3, -0.25) is 0 Å². The van der Waals surface area contributed by atoms with Gasteiger partial charge in [-0.25, -0.2) is 13.6 Å². The number of nitrogens with zero attached hydrogens (tertiary/aromatic N) is 1. The topological polar surface area (TPSA) is 38.7 Å². The molecule has 0 fully saturated rings. The highest BCUT2D eigenvalue weighted by atomic mass is 32.2. The van der Waals surface area contributed by atoms with Crippen LogP contribution in [0.5, 0.6) is 0 Å². The van der Waals surface area contributed by atoms with Gasteiger partial charge in [0, 0.05) is 11.1 Å². The lowest BCUT2D eigenvalue weighted by Gasteiger charge is -2.21. The number of cyclic esters (lactones) is 1. The van der Waals surface area contributed by atoms with E-state index in [-0.39, 0.29) is 11.6 Å². The number of aliphatic imine (C=N–C) groups is 1. The molecule has 1 atom stereocenters. The zero-order valence-corrected chi connectivity index (χ0v) is 11.4. The fourth-order valence-corrected chi connectivity index (χ4v) is 2.86. The lowest BCUT2D eigenvalue weighted by molar-refractivity contribution is 0.146. The Bertz CT molecular complexity index is 699. The molecule has 2 aromatic rings. The first-order valence-corrected chi connectivity index (χ1v) is 6.97. The predicted molar refractivity (Wildman–Crippen MR) is 76.2 cm³/mol. The third-order valence-electron chi connectivity index (χ3n) is 2.85. The zero-order valence-electron chi connectivity index (χ0n) is 10.6. The van der Waals surface area contributed by atoms with Crippen LogP contribution in [0.4, 0.5) is 13.6 Å². The van der Waals surface area contributed by atoms with E-state index in [0.717, 1.165) is 0 Å². The Balaban J connectivity index is 1.88. The van der Waals surface area contributed by atoms with Crippen LogP contribution in [0.25, 0.3) is 0 Å². The van der Waals surface area contributed by atoms with Crippen molar-refractivity contribution in [2.24, 2.45) is 4.99 Å². The van der Waals surface area contributed by atoms with Crippen molar-refractivity contribution in [3.63, 3.8) is 0 Å². The molecule has 1 unspecified atom stereocenters. The van der Waals surface area contributed by atoms with Crippen LogP contribution in [-0.2, 0) is 4.74 Å². The number of thioether (sulfide) groups is 1. The van der Waals surface area contributed by atoms with E-state index in [1.165, 1.54) is 36.0 Å². The van der Waals surface area contributed by atoms with Crippen molar-refractivity contribution in [2.45, 2.75) is 5.44 Å². The van der Waals surface area contributed by atoms with Gasteiger partial charge in [0.2, 0.25) is 0 Å². The number of rotatable bonds is 2. The summed E-state index contributed by atoms with van der Waals surface area (Å²) in [6, 6.07) is 11.4. The molecule has 3 rings (SSSR count). The Morgan fingerprint density at radius 3 is 2.14 bits per heavy atom. The molecule has 0 saturated carbocycles. The Kier molecular flexibility index (Phi) is 3.70. The van der Waals surface area contributed by atoms with Gasteiger partial charge < -0.3 is 4.74 Å². The minimum Gasteiger partial charge on any atom is -0.428 e. The summed E-state index contributed by atoms with van der Waals surface area (Å²) in [4.78, 5) is 15.4. The molecule has 0 bridgehead atoms. The minimum absolute atomic E-state index is 0.363. The highest BCUT2D eigenvalue weighted by Crippen LogP contribution is 2.36. The Morgan fingerprint density at radius 2 is 1.52 bits per heavy atom. The summed E-state index contributed by atoms with van der Waals surface area (Å²) < 4.78 is 31.0. The number of halogens is 2. The van der Waals surface area contributed by atoms with Gasteiger partial charge in [-0.2, -0.15) is 4.99 Å².